The zero-order valence-electron chi connectivity index (χ0n) is 17.1. The lowest BCUT2D eigenvalue weighted by Gasteiger charge is -2.44. The average molecular weight is 343 g/mol. The van der Waals surface area contributed by atoms with E-state index in [9.17, 15) is 9.59 Å². The maximum Gasteiger partial charge on any atom is 0.312 e. The van der Waals surface area contributed by atoms with Gasteiger partial charge in [-0.05, 0) is 45.4 Å². The molecule has 0 saturated heterocycles. The van der Waals surface area contributed by atoms with Gasteiger partial charge in [-0.2, -0.15) is 0 Å². The second-order valence-electron chi connectivity index (χ2n) is 8.32. The van der Waals surface area contributed by atoms with E-state index in [0.29, 0.717) is 19.4 Å². The predicted octanol–water partition coefficient (Wildman–Crippen LogP) is 5.14. The second-order valence-corrected chi connectivity index (χ2v) is 8.32. The molecule has 0 aliphatic heterocycles. The number of carbonyl (C=O) groups is 2. The van der Waals surface area contributed by atoms with Crippen LogP contribution in [0.1, 0.15) is 87.0 Å². The zero-order chi connectivity index (χ0) is 19.0. The summed E-state index contributed by atoms with van der Waals surface area (Å²) in [5.74, 6) is -0.408. The SMILES string of the molecule is CCCCCCOC(=O)C(C)(C)CC(C)(C)C(C)(CC)C(=O)OC. The molecule has 0 bridgehead atoms. The number of carbonyl (C=O) groups excluding carboxylic acids is 2. The molecule has 0 amide bonds. The number of hydrogen-bond acceptors (Lipinski definition) is 4. The van der Waals surface area contributed by atoms with E-state index in [1.54, 1.807) is 0 Å². The average Bonchev–Trinajstić information content (AvgIpc) is 2.51. The lowest BCUT2D eigenvalue weighted by atomic mass is 9.59. The minimum atomic E-state index is -0.640. The van der Waals surface area contributed by atoms with Gasteiger partial charge in [0.15, 0.2) is 0 Å². The van der Waals surface area contributed by atoms with Crippen molar-refractivity contribution in [2.75, 3.05) is 13.7 Å². The van der Waals surface area contributed by atoms with Crippen LogP contribution in [0, 0.1) is 16.2 Å². The molecule has 142 valence electrons. The topological polar surface area (TPSA) is 52.6 Å². The molecule has 0 saturated carbocycles. The van der Waals surface area contributed by atoms with Crippen molar-refractivity contribution in [3.8, 4) is 0 Å². The van der Waals surface area contributed by atoms with Crippen molar-refractivity contribution in [1.82, 2.24) is 0 Å². The molecule has 0 radical (unpaired) electrons. The Hall–Kier alpha value is -1.06. The summed E-state index contributed by atoms with van der Waals surface area (Å²) in [6, 6.07) is 0. The van der Waals surface area contributed by atoms with Gasteiger partial charge in [0.2, 0.25) is 0 Å². The first-order chi connectivity index (χ1) is 11.0. The number of rotatable bonds is 11. The first-order valence-corrected chi connectivity index (χ1v) is 9.24. The van der Waals surface area contributed by atoms with E-state index in [1.807, 2.05) is 41.5 Å². The molecule has 4 heteroatoms. The normalized spacial score (nSPS) is 14.8. The number of ether oxygens (including phenoxy) is 2. The molecule has 0 aromatic rings. The van der Waals surface area contributed by atoms with E-state index in [4.69, 9.17) is 9.47 Å². The fourth-order valence-electron chi connectivity index (χ4n) is 3.39. The van der Waals surface area contributed by atoms with Gasteiger partial charge in [-0.1, -0.05) is 47.0 Å². The van der Waals surface area contributed by atoms with Crippen LogP contribution in [0.2, 0.25) is 0 Å². The number of unbranched alkanes of at least 4 members (excludes halogenated alkanes) is 3. The molecule has 4 nitrogen and oxygen atoms in total. The monoisotopic (exact) mass is 342 g/mol. The highest BCUT2D eigenvalue weighted by molar-refractivity contribution is 5.78. The van der Waals surface area contributed by atoms with Crippen LogP contribution in [0.25, 0.3) is 0 Å². The van der Waals surface area contributed by atoms with Crippen LogP contribution in [0.5, 0.6) is 0 Å². The standard InChI is InChI=1S/C20H38O4/c1-9-11-12-13-14-24-16(21)18(3,4)15-19(5,6)20(7,10-2)17(22)23-8/h9-15H2,1-8H3. The smallest absolute Gasteiger partial charge is 0.312 e. The molecule has 0 aromatic heterocycles. The molecule has 0 aliphatic carbocycles. The second kappa shape index (κ2) is 9.43. The summed E-state index contributed by atoms with van der Waals surface area (Å²) >= 11 is 0. The Morgan fingerprint density at radius 2 is 1.46 bits per heavy atom. The summed E-state index contributed by atoms with van der Waals surface area (Å²) in [7, 11) is 1.42. The largest absolute Gasteiger partial charge is 0.469 e. The highest BCUT2D eigenvalue weighted by Crippen LogP contribution is 2.49. The zero-order valence-corrected chi connectivity index (χ0v) is 17.1. The Morgan fingerprint density at radius 3 is 1.92 bits per heavy atom. The molecule has 0 spiro atoms. The Kier molecular flexibility index (Phi) is 9.01. The summed E-state index contributed by atoms with van der Waals surface area (Å²) < 4.78 is 10.5. The van der Waals surface area contributed by atoms with Crippen molar-refractivity contribution in [2.24, 2.45) is 16.2 Å². The Bertz CT molecular complexity index is 412. The van der Waals surface area contributed by atoms with Gasteiger partial charge >= 0.3 is 11.9 Å². The molecule has 0 heterocycles. The lowest BCUT2D eigenvalue weighted by Crippen LogP contribution is -2.46. The van der Waals surface area contributed by atoms with E-state index < -0.39 is 10.8 Å². The molecular formula is C20H38O4. The molecule has 0 aromatic carbocycles. The van der Waals surface area contributed by atoms with Crippen molar-refractivity contribution in [2.45, 2.75) is 87.0 Å². The molecule has 24 heavy (non-hydrogen) atoms. The van der Waals surface area contributed by atoms with Gasteiger partial charge in [-0.25, -0.2) is 0 Å². The van der Waals surface area contributed by atoms with Crippen molar-refractivity contribution in [3.63, 3.8) is 0 Å². The van der Waals surface area contributed by atoms with Gasteiger partial charge in [0.25, 0.3) is 0 Å². The highest BCUT2D eigenvalue weighted by Gasteiger charge is 2.50. The van der Waals surface area contributed by atoms with Gasteiger partial charge in [-0.15, -0.1) is 0 Å². The Morgan fingerprint density at radius 1 is 0.875 bits per heavy atom. The van der Waals surface area contributed by atoms with Crippen molar-refractivity contribution < 1.29 is 19.1 Å². The molecule has 0 aliphatic rings. The van der Waals surface area contributed by atoms with Crippen molar-refractivity contribution in [3.05, 3.63) is 0 Å². The van der Waals surface area contributed by atoms with Crippen LogP contribution in [-0.4, -0.2) is 25.7 Å². The molecule has 0 N–H and O–H groups in total. The van der Waals surface area contributed by atoms with Crippen LogP contribution >= 0.6 is 0 Å². The highest BCUT2D eigenvalue weighted by atomic mass is 16.5. The molecule has 1 unspecified atom stereocenters. The third kappa shape index (κ3) is 5.78. The maximum atomic E-state index is 12.5. The van der Waals surface area contributed by atoms with E-state index in [1.165, 1.54) is 13.5 Å². The van der Waals surface area contributed by atoms with Crippen LogP contribution in [0.4, 0.5) is 0 Å². The Labute approximate surface area is 148 Å². The summed E-state index contributed by atoms with van der Waals surface area (Å²) in [4.78, 5) is 24.8. The van der Waals surface area contributed by atoms with Crippen LogP contribution in [0.15, 0.2) is 0 Å². The minimum absolute atomic E-state index is 0.185. The first-order valence-electron chi connectivity index (χ1n) is 9.24. The van der Waals surface area contributed by atoms with Crippen LogP contribution in [0.3, 0.4) is 0 Å². The minimum Gasteiger partial charge on any atom is -0.469 e. The summed E-state index contributed by atoms with van der Waals surface area (Å²) in [5, 5.41) is 0. The molecule has 0 fully saturated rings. The molecule has 0 rings (SSSR count). The van der Waals surface area contributed by atoms with Gasteiger partial charge in [0, 0.05) is 0 Å². The molecule has 1 atom stereocenters. The van der Waals surface area contributed by atoms with Gasteiger partial charge in [0.1, 0.15) is 0 Å². The Balaban J connectivity index is 4.91. The third-order valence-electron chi connectivity index (χ3n) is 5.50. The van der Waals surface area contributed by atoms with Gasteiger partial charge < -0.3 is 9.47 Å². The summed E-state index contributed by atoms with van der Waals surface area (Å²) in [5.41, 5.74) is -1.67. The van der Waals surface area contributed by atoms with Gasteiger partial charge in [0.05, 0.1) is 24.5 Å². The van der Waals surface area contributed by atoms with E-state index in [2.05, 4.69) is 6.92 Å². The molecular weight excluding hydrogens is 304 g/mol. The number of esters is 2. The van der Waals surface area contributed by atoms with Gasteiger partial charge in [-0.3, -0.25) is 9.59 Å². The predicted molar refractivity (Wildman–Crippen MR) is 97.7 cm³/mol. The summed E-state index contributed by atoms with van der Waals surface area (Å²) in [6.45, 7) is 14.4. The quantitative estimate of drug-likeness (QED) is 0.385. The van der Waals surface area contributed by atoms with E-state index in [-0.39, 0.29) is 17.4 Å². The fourth-order valence-corrected chi connectivity index (χ4v) is 3.39. The fraction of sp³-hybridized carbons (Fsp3) is 0.900. The summed E-state index contributed by atoms with van der Waals surface area (Å²) in [6.07, 6.45) is 5.56. The van der Waals surface area contributed by atoms with Crippen LogP contribution in [-0.2, 0) is 19.1 Å². The van der Waals surface area contributed by atoms with Crippen molar-refractivity contribution in [1.29, 1.82) is 0 Å². The third-order valence-corrected chi connectivity index (χ3v) is 5.50. The van der Waals surface area contributed by atoms with E-state index >= 15 is 0 Å². The number of methoxy groups -OCH3 is 1. The van der Waals surface area contributed by atoms with Crippen molar-refractivity contribution >= 4 is 11.9 Å². The van der Waals surface area contributed by atoms with Crippen LogP contribution < -0.4 is 0 Å². The number of hydrogen-bond donors (Lipinski definition) is 0. The maximum absolute atomic E-state index is 12.5. The first kappa shape index (κ1) is 22.9. The lowest BCUT2D eigenvalue weighted by molar-refractivity contribution is -0.167. The van der Waals surface area contributed by atoms with E-state index in [0.717, 1.165) is 19.3 Å².